The Morgan fingerprint density at radius 3 is 2.23 bits per heavy atom. The van der Waals surface area contributed by atoms with Crippen molar-refractivity contribution >= 4 is 11.8 Å². The number of aromatic nitrogens is 3. The Balaban J connectivity index is 1.59. The number of rotatable bonds is 5. The second kappa shape index (κ2) is 7.60. The number of amides is 2. The molecule has 0 aliphatic rings. The average Bonchev–Trinajstić information content (AvgIpc) is 3.21. The van der Waals surface area contributed by atoms with Gasteiger partial charge in [0.2, 0.25) is 0 Å². The molecule has 1 N–H and O–H groups in total. The van der Waals surface area contributed by atoms with Gasteiger partial charge in [-0.15, -0.1) is 0 Å². The van der Waals surface area contributed by atoms with Gasteiger partial charge in [-0.2, -0.15) is 5.10 Å². The number of nitrogens with one attached hydrogen (secondary N) is 1. The van der Waals surface area contributed by atoms with Crippen molar-refractivity contribution in [2.24, 2.45) is 0 Å². The number of nitrogens with zero attached hydrogens (tertiary/aromatic N) is 4. The van der Waals surface area contributed by atoms with E-state index < -0.39 is 0 Å². The lowest BCUT2D eigenvalue weighted by atomic mass is 10.1. The summed E-state index contributed by atoms with van der Waals surface area (Å²) in [5, 5.41) is 6.92. The Bertz CT molecular complexity index is 885. The van der Waals surface area contributed by atoms with E-state index in [1.807, 2.05) is 24.3 Å². The van der Waals surface area contributed by atoms with Gasteiger partial charge in [-0.3, -0.25) is 9.59 Å². The zero-order chi connectivity index (χ0) is 18.5. The van der Waals surface area contributed by atoms with Crippen molar-refractivity contribution in [2.75, 3.05) is 14.1 Å². The van der Waals surface area contributed by atoms with Crippen molar-refractivity contribution in [2.45, 2.75) is 6.54 Å². The predicted octanol–water partition coefficient (Wildman–Crippen LogP) is 1.90. The molecule has 0 spiro atoms. The summed E-state index contributed by atoms with van der Waals surface area (Å²) in [6.45, 7) is 0.389. The number of hydrogen-bond acceptors (Lipinski definition) is 4. The van der Waals surface area contributed by atoms with Gasteiger partial charge in [0.05, 0.1) is 5.69 Å². The van der Waals surface area contributed by atoms with Crippen molar-refractivity contribution in [3.05, 3.63) is 77.9 Å². The second-order valence-corrected chi connectivity index (χ2v) is 5.97. The van der Waals surface area contributed by atoms with E-state index in [9.17, 15) is 9.59 Å². The first-order valence-electron chi connectivity index (χ1n) is 8.08. The maximum atomic E-state index is 12.3. The van der Waals surface area contributed by atoms with Crippen LogP contribution in [0.2, 0.25) is 0 Å². The van der Waals surface area contributed by atoms with Gasteiger partial charge in [0.1, 0.15) is 12.7 Å². The fraction of sp³-hybridized carbons (Fsp3) is 0.158. The van der Waals surface area contributed by atoms with E-state index in [-0.39, 0.29) is 11.8 Å². The molecule has 7 nitrogen and oxygen atoms in total. The molecule has 3 rings (SSSR count). The van der Waals surface area contributed by atoms with Crippen molar-refractivity contribution in [3.63, 3.8) is 0 Å². The van der Waals surface area contributed by atoms with Crippen LogP contribution >= 0.6 is 0 Å². The van der Waals surface area contributed by atoms with E-state index in [1.54, 1.807) is 49.4 Å². The lowest BCUT2D eigenvalue weighted by Crippen LogP contribution is -2.23. The SMILES string of the molecule is CN(C)C(=O)c1ccc(CNC(=O)c2ccc(-n3cncn3)cc2)cc1. The van der Waals surface area contributed by atoms with Gasteiger partial charge in [0.25, 0.3) is 11.8 Å². The quantitative estimate of drug-likeness (QED) is 0.763. The predicted molar refractivity (Wildman–Crippen MR) is 97.0 cm³/mol. The van der Waals surface area contributed by atoms with Crippen molar-refractivity contribution in [1.29, 1.82) is 0 Å². The molecule has 3 aromatic rings. The number of hydrogen-bond donors (Lipinski definition) is 1. The molecule has 0 bridgehead atoms. The van der Waals surface area contributed by atoms with Gasteiger partial charge in [0.15, 0.2) is 0 Å². The van der Waals surface area contributed by atoms with Gasteiger partial charge in [-0.25, -0.2) is 9.67 Å². The third-order valence-electron chi connectivity index (χ3n) is 3.87. The molecule has 1 aromatic heterocycles. The second-order valence-electron chi connectivity index (χ2n) is 5.97. The minimum atomic E-state index is -0.163. The van der Waals surface area contributed by atoms with E-state index >= 15 is 0 Å². The highest BCUT2D eigenvalue weighted by Crippen LogP contribution is 2.09. The third-order valence-corrected chi connectivity index (χ3v) is 3.87. The van der Waals surface area contributed by atoms with Crippen molar-refractivity contribution in [1.82, 2.24) is 25.0 Å². The zero-order valence-corrected chi connectivity index (χ0v) is 14.6. The van der Waals surface area contributed by atoms with Crippen LogP contribution in [0.1, 0.15) is 26.3 Å². The first-order chi connectivity index (χ1) is 12.5. The Labute approximate surface area is 151 Å². The highest BCUT2D eigenvalue weighted by Gasteiger charge is 2.09. The molecule has 0 atom stereocenters. The maximum absolute atomic E-state index is 12.3. The molecule has 7 heteroatoms. The summed E-state index contributed by atoms with van der Waals surface area (Å²) in [6.07, 6.45) is 3.05. The van der Waals surface area contributed by atoms with Crippen LogP contribution in [0.5, 0.6) is 0 Å². The molecule has 0 saturated carbocycles. The molecule has 0 aliphatic heterocycles. The van der Waals surface area contributed by atoms with Crippen molar-refractivity contribution < 1.29 is 9.59 Å². The van der Waals surface area contributed by atoms with Crippen LogP contribution in [0.25, 0.3) is 5.69 Å². The Kier molecular flexibility index (Phi) is 5.07. The normalized spacial score (nSPS) is 10.4. The standard InChI is InChI=1S/C19H19N5O2/c1-23(2)19(26)16-5-3-14(4-6-16)11-21-18(25)15-7-9-17(10-8-15)24-13-20-12-22-24/h3-10,12-13H,11H2,1-2H3,(H,21,25). The molecule has 0 unspecified atom stereocenters. The van der Waals surface area contributed by atoms with Gasteiger partial charge >= 0.3 is 0 Å². The average molecular weight is 349 g/mol. The summed E-state index contributed by atoms with van der Waals surface area (Å²) in [4.78, 5) is 29.6. The summed E-state index contributed by atoms with van der Waals surface area (Å²) in [5.74, 6) is -0.211. The summed E-state index contributed by atoms with van der Waals surface area (Å²) < 4.78 is 1.62. The number of carbonyl (C=O) groups is 2. The largest absolute Gasteiger partial charge is 0.348 e. The molecule has 0 fully saturated rings. The van der Waals surface area contributed by atoms with E-state index in [0.29, 0.717) is 17.7 Å². The Morgan fingerprint density at radius 1 is 1.00 bits per heavy atom. The molecule has 0 aliphatic carbocycles. The van der Waals surface area contributed by atoms with E-state index in [2.05, 4.69) is 15.4 Å². The topological polar surface area (TPSA) is 80.1 Å². The van der Waals surface area contributed by atoms with Crippen LogP contribution in [0.3, 0.4) is 0 Å². The first kappa shape index (κ1) is 17.3. The lowest BCUT2D eigenvalue weighted by molar-refractivity contribution is 0.0827. The zero-order valence-electron chi connectivity index (χ0n) is 14.6. The Morgan fingerprint density at radius 2 is 1.65 bits per heavy atom. The lowest BCUT2D eigenvalue weighted by Gasteiger charge is -2.11. The van der Waals surface area contributed by atoms with Crippen molar-refractivity contribution in [3.8, 4) is 5.69 Å². The summed E-state index contributed by atoms with van der Waals surface area (Å²) in [5.41, 5.74) is 2.94. The third kappa shape index (κ3) is 3.94. The van der Waals surface area contributed by atoms with Crippen LogP contribution < -0.4 is 5.32 Å². The minimum Gasteiger partial charge on any atom is -0.348 e. The summed E-state index contributed by atoms with van der Waals surface area (Å²) >= 11 is 0. The van der Waals surface area contributed by atoms with Gasteiger partial charge in [-0.05, 0) is 42.0 Å². The van der Waals surface area contributed by atoms with Crippen LogP contribution in [-0.4, -0.2) is 45.6 Å². The number of benzene rings is 2. The summed E-state index contributed by atoms with van der Waals surface area (Å²) in [7, 11) is 3.43. The van der Waals surface area contributed by atoms with Gasteiger partial charge in [0, 0.05) is 31.8 Å². The summed E-state index contributed by atoms with van der Waals surface area (Å²) in [6, 6.07) is 14.3. The van der Waals surface area contributed by atoms with Crippen LogP contribution in [-0.2, 0) is 6.54 Å². The first-order valence-corrected chi connectivity index (χ1v) is 8.08. The molecule has 2 amide bonds. The number of carbonyl (C=O) groups excluding carboxylic acids is 2. The van der Waals surface area contributed by atoms with Crippen LogP contribution in [0.15, 0.2) is 61.2 Å². The van der Waals surface area contributed by atoms with Gasteiger partial charge in [-0.1, -0.05) is 12.1 Å². The fourth-order valence-electron chi connectivity index (χ4n) is 2.41. The van der Waals surface area contributed by atoms with E-state index in [1.165, 1.54) is 11.2 Å². The molecule has 26 heavy (non-hydrogen) atoms. The molecule has 1 heterocycles. The smallest absolute Gasteiger partial charge is 0.253 e. The van der Waals surface area contributed by atoms with Crippen LogP contribution in [0.4, 0.5) is 0 Å². The fourth-order valence-corrected chi connectivity index (χ4v) is 2.41. The molecule has 132 valence electrons. The van der Waals surface area contributed by atoms with Gasteiger partial charge < -0.3 is 10.2 Å². The molecule has 2 aromatic carbocycles. The highest BCUT2D eigenvalue weighted by atomic mass is 16.2. The van der Waals surface area contributed by atoms with E-state index in [4.69, 9.17) is 0 Å². The van der Waals surface area contributed by atoms with Crippen LogP contribution in [0, 0.1) is 0 Å². The maximum Gasteiger partial charge on any atom is 0.253 e. The molecular formula is C19H19N5O2. The molecule has 0 radical (unpaired) electrons. The Hall–Kier alpha value is -3.48. The molecular weight excluding hydrogens is 330 g/mol. The minimum absolute atomic E-state index is 0.0481. The van der Waals surface area contributed by atoms with E-state index in [0.717, 1.165) is 11.3 Å². The monoisotopic (exact) mass is 349 g/mol. The highest BCUT2D eigenvalue weighted by molar-refractivity contribution is 5.94. The molecule has 0 saturated heterocycles.